The third kappa shape index (κ3) is 1.97. The van der Waals surface area contributed by atoms with Crippen molar-refractivity contribution in [1.82, 2.24) is 9.97 Å². The van der Waals surface area contributed by atoms with Gasteiger partial charge in [0.05, 0.1) is 30.8 Å². The number of hydrogen-bond acceptors (Lipinski definition) is 5. The normalized spacial score (nSPS) is 10.1. The lowest BCUT2D eigenvalue weighted by atomic mass is 10.1. The molecule has 0 radical (unpaired) electrons. The first-order chi connectivity index (χ1) is 8.67. The van der Waals surface area contributed by atoms with E-state index in [1.165, 1.54) is 32.5 Å². The number of imidazole rings is 1. The van der Waals surface area contributed by atoms with Gasteiger partial charge in [0.25, 0.3) is 5.69 Å². The number of ether oxygens (including phenoxy) is 2. The molecule has 18 heavy (non-hydrogen) atoms. The van der Waals surface area contributed by atoms with Gasteiger partial charge in [0, 0.05) is 18.5 Å². The van der Waals surface area contributed by atoms with Crippen molar-refractivity contribution in [2.45, 2.75) is 0 Å². The summed E-state index contributed by atoms with van der Waals surface area (Å²) in [7, 11) is 2.89. The molecule has 1 aromatic heterocycles. The molecule has 0 saturated carbocycles. The molecule has 1 heterocycles. The monoisotopic (exact) mass is 249 g/mol. The average molecular weight is 249 g/mol. The van der Waals surface area contributed by atoms with Gasteiger partial charge in [-0.1, -0.05) is 0 Å². The molecular formula is C11H11N3O4. The first-order valence-electron chi connectivity index (χ1n) is 5.07. The fraction of sp³-hybridized carbons (Fsp3) is 0.182. The maximum absolute atomic E-state index is 11.1. The number of nitrogens with zero attached hydrogens (tertiary/aromatic N) is 2. The van der Waals surface area contributed by atoms with Gasteiger partial charge in [-0.15, -0.1) is 0 Å². The van der Waals surface area contributed by atoms with E-state index in [9.17, 15) is 10.1 Å². The molecular weight excluding hydrogens is 238 g/mol. The zero-order valence-corrected chi connectivity index (χ0v) is 9.84. The topological polar surface area (TPSA) is 90.3 Å². The van der Waals surface area contributed by atoms with E-state index in [1.54, 1.807) is 6.20 Å². The second-order valence-electron chi connectivity index (χ2n) is 3.42. The van der Waals surface area contributed by atoms with Crippen molar-refractivity contribution in [3.05, 3.63) is 34.6 Å². The number of nitrogens with one attached hydrogen (secondary N) is 1. The van der Waals surface area contributed by atoms with Crippen LogP contribution in [0.25, 0.3) is 11.4 Å². The largest absolute Gasteiger partial charge is 0.493 e. The Labute approximate surface area is 103 Å². The first-order valence-corrected chi connectivity index (χ1v) is 5.07. The summed E-state index contributed by atoms with van der Waals surface area (Å²) >= 11 is 0. The number of benzene rings is 1. The summed E-state index contributed by atoms with van der Waals surface area (Å²) in [6.07, 6.45) is 3.12. The van der Waals surface area contributed by atoms with Crippen LogP contribution in [0.2, 0.25) is 0 Å². The molecule has 0 aliphatic heterocycles. The van der Waals surface area contributed by atoms with E-state index in [2.05, 4.69) is 9.97 Å². The van der Waals surface area contributed by atoms with E-state index >= 15 is 0 Å². The van der Waals surface area contributed by atoms with Crippen molar-refractivity contribution in [2.24, 2.45) is 0 Å². The van der Waals surface area contributed by atoms with Crippen LogP contribution in [-0.4, -0.2) is 29.1 Å². The Morgan fingerprint density at radius 3 is 2.44 bits per heavy atom. The highest BCUT2D eigenvalue weighted by Crippen LogP contribution is 2.38. The summed E-state index contributed by atoms with van der Waals surface area (Å²) in [5, 5.41) is 11.1. The molecule has 0 unspecified atom stereocenters. The SMILES string of the molecule is COc1cc(-c2ncc[nH]2)c([N+](=O)[O-])cc1OC. The third-order valence-electron chi connectivity index (χ3n) is 2.45. The molecule has 2 rings (SSSR count). The van der Waals surface area contributed by atoms with Crippen molar-refractivity contribution >= 4 is 5.69 Å². The van der Waals surface area contributed by atoms with Crippen molar-refractivity contribution in [3.8, 4) is 22.9 Å². The first kappa shape index (κ1) is 11.9. The number of aromatic amines is 1. The molecule has 0 spiro atoms. The van der Waals surface area contributed by atoms with Crippen LogP contribution in [0.5, 0.6) is 11.5 Å². The lowest BCUT2D eigenvalue weighted by Crippen LogP contribution is -1.97. The number of rotatable bonds is 4. The highest BCUT2D eigenvalue weighted by atomic mass is 16.6. The molecule has 0 fully saturated rings. The number of hydrogen-bond donors (Lipinski definition) is 1. The van der Waals surface area contributed by atoms with Gasteiger partial charge in [-0.25, -0.2) is 4.98 Å². The third-order valence-corrected chi connectivity index (χ3v) is 2.45. The fourth-order valence-corrected chi connectivity index (χ4v) is 1.62. The Morgan fingerprint density at radius 2 is 1.94 bits per heavy atom. The maximum Gasteiger partial charge on any atom is 0.284 e. The van der Waals surface area contributed by atoms with E-state index in [0.29, 0.717) is 22.9 Å². The lowest BCUT2D eigenvalue weighted by molar-refractivity contribution is -0.384. The Hall–Kier alpha value is -2.57. The lowest BCUT2D eigenvalue weighted by Gasteiger charge is -2.09. The molecule has 0 saturated heterocycles. The molecule has 0 aliphatic rings. The van der Waals surface area contributed by atoms with E-state index in [1.807, 2.05) is 0 Å². The summed E-state index contributed by atoms with van der Waals surface area (Å²) in [6.45, 7) is 0. The van der Waals surface area contributed by atoms with Crippen LogP contribution in [0.1, 0.15) is 0 Å². The van der Waals surface area contributed by atoms with Crippen LogP contribution < -0.4 is 9.47 Å². The standard InChI is InChI=1S/C11H11N3O4/c1-17-9-5-7(11-12-3-4-13-11)8(14(15)16)6-10(9)18-2/h3-6H,1-2H3,(H,12,13). The number of H-pyrrole nitrogens is 1. The zero-order valence-electron chi connectivity index (χ0n) is 9.84. The second-order valence-corrected chi connectivity index (χ2v) is 3.42. The molecule has 1 aromatic carbocycles. The molecule has 7 nitrogen and oxygen atoms in total. The summed E-state index contributed by atoms with van der Waals surface area (Å²) < 4.78 is 10.2. The Morgan fingerprint density at radius 1 is 1.28 bits per heavy atom. The molecule has 0 atom stereocenters. The minimum atomic E-state index is -0.486. The molecule has 7 heteroatoms. The van der Waals surface area contributed by atoms with Crippen LogP contribution in [0.15, 0.2) is 24.5 Å². The van der Waals surface area contributed by atoms with Crippen molar-refractivity contribution in [1.29, 1.82) is 0 Å². The van der Waals surface area contributed by atoms with Crippen LogP contribution >= 0.6 is 0 Å². The summed E-state index contributed by atoms with van der Waals surface area (Å²) in [6, 6.07) is 2.84. The summed E-state index contributed by atoms with van der Waals surface area (Å²) in [4.78, 5) is 17.4. The number of nitro benzene ring substituents is 1. The fourth-order valence-electron chi connectivity index (χ4n) is 1.62. The summed E-state index contributed by atoms with van der Waals surface area (Å²) in [5.41, 5.74) is 0.255. The smallest absolute Gasteiger partial charge is 0.284 e. The van der Waals surface area contributed by atoms with Gasteiger partial charge in [-0.2, -0.15) is 0 Å². The van der Waals surface area contributed by atoms with Gasteiger partial charge in [-0.3, -0.25) is 10.1 Å². The molecule has 2 aromatic rings. The van der Waals surface area contributed by atoms with Gasteiger partial charge in [0.2, 0.25) is 0 Å². The van der Waals surface area contributed by atoms with E-state index in [4.69, 9.17) is 9.47 Å². The molecule has 0 bridgehead atoms. The Bertz CT molecular complexity index is 566. The van der Waals surface area contributed by atoms with Crippen molar-refractivity contribution in [2.75, 3.05) is 14.2 Å². The van der Waals surface area contributed by atoms with Crippen LogP contribution in [0, 0.1) is 10.1 Å². The molecule has 0 aliphatic carbocycles. The van der Waals surface area contributed by atoms with Crippen LogP contribution in [-0.2, 0) is 0 Å². The van der Waals surface area contributed by atoms with Gasteiger partial charge >= 0.3 is 0 Å². The quantitative estimate of drug-likeness (QED) is 0.661. The van der Waals surface area contributed by atoms with Crippen molar-refractivity contribution < 1.29 is 14.4 Å². The second kappa shape index (κ2) is 4.74. The average Bonchev–Trinajstić information content (AvgIpc) is 2.90. The van der Waals surface area contributed by atoms with Gasteiger partial charge < -0.3 is 14.5 Å². The number of aromatic nitrogens is 2. The van der Waals surface area contributed by atoms with Crippen LogP contribution in [0.3, 0.4) is 0 Å². The van der Waals surface area contributed by atoms with Gasteiger partial charge in [0.1, 0.15) is 5.82 Å². The predicted molar refractivity (Wildman–Crippen MR) is 63.8 cm³/mol. The van der Waals surface area contributed by atoms with E-state index < -0.39 is 4.92 Å². The van der Waals surface area contributed by atoms with Crippen LogP contribution in [0.4, 0.5) is 5.69 Å². The highest BCUT2D eigenvalue weighted by molar-refractivity contribution is 5.72. The minimum absolute atomic E-state index is 0.0948. The van der Waals surface area contributed by atoms with Crippen molar-refractivity contribution in [3.63, 3.8) is 0 Å². The Kier molecular flexibility index (Phi) is 3.13. The van der Waals surface area contributed by atoms with Gasteiger partial charge in [0.15, 0.2) is 11.5 Å². The zero-order chi connectivity index (χ0) is 13.1. The van der Waals surface area contributed by atoms with E-state index in [0.717, 1.165) is 0 Å². The molecule has 1 N–H and O–H groups in total. The number of nitro groups is 1. The molecule has 94 valence electrons. The maximum atomic E-state index is 11.1. The summed E-state index contributed by atoms with van der Waals surface area (Å²) in [5.74, 6) is 1.12. The van der Waals surface area contributed by atoms with E-state index in [-0.39, 0.29) is 5.69 Å². The van der Waals surface area contributed by atoms with Gasteiger partial charge in [-0.05, 0) is 0 Å². The Balaban J connectivity index is 2.66. The number of methoxy groups -OCH3 is 2. The highest BCUT2D eigenvalue weighted by Gasteiger charge is 2.21. The minimum Gasteiger partial charge on any atom is -0.493 e. The predicted octanol–water partition coefficient (Wildman–Crippen LogP) is 2.00. The molecule has 0 amide bonds.